The maximum Gasteiger partial charge on any atom is 0.0240 e. The Hall–Kier alpha value is -0.830. The summed E-state index contributed by atoms with van der Waals surface area (Å²) >= 11 is 0. The first-order valence-electron chi connectivity index (χ1n) is 3.03. The van der Waals surface area contributed by atoms with Crippen LogP contribution in [0.15, 0.2) is 11.3 Å². The Kier molecular flexibility index (Phi) is 1.85. The lowest BCUT2D eigenvalue weighted by atomic mass is 10.1. The van der Waals surface area contributed by atoms with Gasteiger partial charge in [-0.3, -0.25) is 0 Å². The smallest absolute Gasteiger partial charge is 0.0240 e. The summed E-state index contributed by atoms with van der Waals surface area (Å²) in [7, 11) is 0. The molecule has 0 saturated carbocycles. The molecule has 9 heavy (non-hydrogen) atoms. The molecule has 3 heteroatoms. The zero-order chi connectivity index (χ0) is 6.69. The first-order chi connectivity index (χ1) is 4.34. The Morgan fingerprint density at radius 2 is 2.44 bits per heavy atom. The average molecular weight is 125 g/mol. The van der Waals surface area contributed by atoms with E-state index in [0.717, 1.165) is 30.8 Å². The van der Waals surface area contributed by atoms with Crippen molar-refractivity contribution in [2.75, 3.05) is 13.1 Å². The van der Waals surface area contributed by atoms with Gasteiger partial charge in [0.05, 0.1) is 0 Å². The van der Waals surface area contributed by atoms with Gasteiger partial charge in [0.1, 0.15) is 0 Å². The number of nitrogens with two attached hydrogens (primary N) is 1. The van der Waals surface area contributed by atoms with Crippen LogP contribution in [0.3, 0.4) is 0 Å². The average Bonchev–Trinajstić information content (AvgIpc) is 1.89. The molecule has 1 aliphatic heterocycles. The molecule has 0 fully saturated rings. The van der Waals surface area contributed by atoms with Crippen molar-refractivity contribution in [2.24, 2.45) is 5.73 Å². The SMILES string of the molecule is N=CC1=C(N)CCNC1. The molecule has 50 valence electrons. The van der Waals surface area contributed by atoms with Crippen molar-refractivity contribution in [3.63, 3.8) is 0 Å². The highest BCUT2D eigenvalue weighted by molar-refractivity contribution is 5.77. The Morgan fingerprint density at radius 1 is 1.67 bits per heavy atom. The van der Waals surface area contributed by atoms with Crippen molar-refractivity contribution in [2.45, 2.75) is 6.42 Å². The normalized spacial score (nSPS) is 20.0. The van der Waals surface area contributed by atoms with E-state index in [4.69, 9.17) is 11.1 Å². The van der Waals surface area contributed by atoms with Crippen molar-refractivity contribution >= 4 is 6.21 Å². The molecule has 0 atom stereocenters. The summed E-state index contributed by atoms with van der Waals surface area (Å²) in [6.07, 6.45) is 2.20. The van der Waals surface area contributed by atoms with Crippen molar-refractivity contribution in [3.8, 4) is 0 Å². The van der Waals surface area contributed by atoms with Crippen LogP contribution < -0.4 is 11.1 Å². The quantitative estimate of drug-likeness (QED) is 0.426. The van der Waals surface area contributed by atoms with Gasteiger partial charge in [0.2, 0.25) is 0 Å². The molecule has 1 heterocycles. The van der Waals surface area contributed by atoms with Gasteiger partial charge in [0.25, 0.3) is 0 Å². The van der Waals surface area contributed by atoms with Crippen LogP contribution in [-0.2, 0) is 0 Å². The summed E-state index contributed by atoms with van der Waals surface area (Å²) < 4.78 is 0. The predicted molar refractivity (Wildman–Crippen MR) is 37.5 cm³/mol. The van der Waals surface area contributed by atoms with Crippen LogP contribution in [0.1, 0.15) is 6.42 Å². The predicted octanol–water partition coefficient (Wildman–Crippen LogP) is -0.158. The van der Waals surface area contributed by atoms with Crippen LogP contribution in [0.25, 0.3) is 0 Å². The molecular weight excluding hydrogens is 114 g/mol. The number of rotatable bonds is 1. The van der Waals surface area contributed by atoms with Gasteiger partial charge in [-0.15, -0.1) is 0 Å². The minimum Gasteiger partial charge on any atom is -0.402 e. The maximum atomic E-state index is 6.92. The summed E-state index contributed by atoms with van der Waals surface area (Å²) in [5.41, 5.74) is 7.37. The first-order valence-corrected chi connectivity index (χ1v) is 3.03. The minimum absolute atomic E-state index is 0.759. The molecule has 4 N–H and O–H groups in total. The molecule has 0 aromatic carbocycles. The standard InChI is InChI=1S/C6H11N3/c7-3-5-4-9-2-1-6(5)8/h3,7,9H,1-2,4,8H2. The van der Waals surface area contributed by atoms with Crippen LogP contribution in [-0.4, -0.2) is 19.3 Å². The molecule has 0 aromatic rings. The summed E-state index contributed by atoms with van der Waals surface area (Å²) in [4.78, 5) is 0. The number of hydrogen-bond donors (Lipinski definition) is 3. The van der Waals surface area contributed by atoms with Crippen molar-refractivity contribution in [1.29, 1.82) is 5.41 Å². The van der Waals surface area contributed by atoms with E-state index >= 15 is 0 Å². The maximum absolute atomic E-state index is 6.92. The van der Waals surface area contributed by atoms with Gasteiger partial charge in [-0.2, -0.15) is 0 Å². The molecule has 0 saturated heterocycles. The van der Waals surface area contributed by atoms with E-state index in [2.05, 4.69) is 5.32 Å². The van der Waals surface area contributed by atoms with E-state index in [1.165, 1.54) is 6.21 Å². The van der Waals surface area contributed by atoms with E-state index in [-0.39, 0.29) is 0 Å². The summed E-state index contributed by atoms with van der Waals surface area (Å²) in [5.74, 6) is 0. The van der Waals surface area contributed by atoms with Crippen molar-refractivity contribution in [3.05, 3.63) is 11.3 Å². The molecule has 0 spiro atoms. The van der Waals surface area contributed by atoms with Gasteiger partial charge >= 0.3 is 0 Å². The first kappa shape index (κ1) is 6.29. The topological polar surface area (TPSA) is 61.9 Å². The fourth-order valence-electron chi connectivity index (χ4n) is 0.864. The van der Waals surface area contributed by atoms with E-state index in [9.17, 15) is 0 Å². The molecule has 0 aliphatic carbocycles. The summed E-state index contributed by atoms with van der Waals surface area (Å²) in [6.45, 7) is 1.71. The van der Waals surface area contributed by atoms with E-state index in [0.29, 0.717) is 0 Å². The molecule has 1 rings (SSSR count). The summed E-state index contributed by atoms with van der Waals surface area (Å²) in [5, 5.41) is 10.1. The molecular formula is C6H11N3. The molecule has 0 amide bonds. The zero-order valence-electron chi connectivity index (χ0n) is 5.28. The summed E-state index contributed by atoms with van der Waals surface area (Å²) in [6, 6.07) is 0. The van der Waals surface area contributed by atoms with E-state index < -0.39 is 0 Å². The second-order valence-corrected chi connectivity index (χ2v) is 2.12. The number of hydrogen-bond acceptors (Lipinski definition) is 3. The zero-order valence-corrected chi connectivity index (χ0v) is 5.28. The molecule has 3 nitrogen and oxygen atoms in total. The minimum atomic E-state index is 0.759. The molecule has 1 aliphatic rings. The van der Waals surface area contributed by atoms with Gasteiger partial charge in [-0.1, -0.05) is 0 Å². The van der Waals surface area contributed by atoms with Crippen molar-refractivity contribution < 1.29 is 0 Å². The van der Waals surface area contributed by atoms with Gasteiger partial charge in [-0.25, -0.2) is 0 Å². The lowest BCUT2D eigenvalue weighted by Gasteiger charge is -2.14. The third-order valence-electron chi connectivity index (χ3n) is 1.47. The molecule has 0 bridgehead atoms. The van der Waals surface area contributed by atoms with Crippen LogP contribution in [0.5, 0.6) is 0 Å². The van der Waals surface area contributed by atoms with Gasteiger partial charge in [0.15, 0.2) is 0 Å². The van der Waals surface area contributed by atoms with Crippen molar-refractivity contribution in [1.82, 2.24) is 5.32 Å². The highest BCUT2D eigenvalue weighted by Crippen LogP contribution is 2.02. The van der Waals surface area contributed by atoms with E-state index in [1.807, 2.05) is 0 Å². The highest BCUT2D eigenvalue weighted by Gasteiger charge is 2.05. The third kappa shape index (κ3) is 1.29. The number of nitrogens with one attached hydrogen (secondary N) is 2. The highest BCUT2D eigenvalue weighted by atomic mass is 14.9. The second kappa shape index (κ2) is 2.64. The van der Waals surface area contributed by atoms with Gasteiger partial charge in [-0.05, 0) is 6.42 Å². The fourth-order valence-corrected chi connectivity index (χ4v) is 0.864. The lowest BCUT2D eigenvalue weighted by Crippen LogP contribution is -2.28. The Labute approximate surface area is 54.4 Å². The van der Waals surface area contributed by atoms with Crippen LogP contribution in [0.4, 0.5) is 0 Å². The fraction of sp³-hybridized carbons (Fsp3) is 0.500. The second-order valence-electron chi connectivity index (χ2n) is 2.12. The monoisotopic (exact) mass is 125 g/mol. The van der Waals surface area contributed by atoms with Crippen LogP contribution in [0, 0.1) is 5.41 Å². The molecule has 0 aromatic heterocycles. The van der Waals surface area contributed by atoms with Gasteiger partial charge < -0.3 is 16.5 Å². The Morgan fingerprint density at radius 3 is 2.89 bits per heavy atom. The van der Waals surface area contributed by atoms with E-state index in [1.54, 1.807) is 0 Å². The van der Waals surface area contributed by atoms with Crippen LogP contribution in [0.2, 0.25) is 0 Å². The lowest BCUT2D eigenvalue weighted by molar-refractivity contribution is 0.687. The third-order valence-corrected chi connectivity index (χ3v) is 1.47. The van der Waals surface area contributed by atoms with Crippen LogP contribution >= 0.6 is 0 Å². The Balaban J connectivity index is 2.70. The molecule has 0 radical (unpaired) electrons. The Bertz CT molecular complexity index is 148. The largest absolute Gasteiger partial charge is 0.402 e. The molecule has 0 unspecified atom stereocenters. The van der Waals surface area contributed by atoms with Gasteiger partial charge in [0, 0.05) is 30.6 Å².